The van der Waals surface area contributed by atoms with E-state index in [0.717, 1.165) is 10.2 Å². The van der Waals surface area contributed by atoms with Crippen LogP contribution in [-0.4, -0.2) is 48.0 Å². The molecule has 27 heavy (non-hydrogen) atoms. The van der Waals surface area contributed by atoms with Crippen LogP contribution in [0.5, 0.6) is 0 Å². The minimum Gasteiger partial charge on any atom is -0.399 e. The van der Waals surface area contributed by atoms with Crippen molar-refractivity contribution in [3.8, 4) is 0 Å². The summed E-state index contributed by atoms with van der Waals surface area (Å²) >= 11 is 1.34. The van der Waals surface area contributed by atoms with Gasteiger partial charge in [0.05, 0.1) is 23.4 Å². The first-order valence-electron chi connectivity index (χ1n) is 8.55. The molecule has 138 valence electrons. The average molecular weight is 382 g/mol. The number of rotatable bonds is 3. The number of benzene rings is 2. The number of carbonyl (C=O) groups is 2. The SMILES string of the molecule is Nc1ccc(C(=O)Nc2nc3ccc(C(=O)N4CCOCC4)cc3s2)cc1. The van der Waals surface area contributed by atoms with E-state index in [9.17, 15) is 9.59 Å². The van der Waals surface area contributed by atoms with E-state index in [4.69, 9.17) is 10.5 Å². The third kappa shape index (κ3) is 3.76. The van der Waals surface area contributed by atoms with E-state index in [0.29, 0.717) is 48.2 Å². The third-order valence-electron chi connectivity index (χ3n) is 4.33. The van der Waals surface area contributed by atoms with Gasteiger partial charge < -0.3 is 15.4 Å². The second-order valence-electron chi connectivity index (χ2n) is 6.18. The minimum absolute atomic E-state index is 0.0129. The molecule has 8 heteroatoms. The van der Waals surface area contributed by atoms with E-state index in [1.165, 1.54) is 11.3 Å². The molecule has 1 saturated heterocycles. The molecule has 0 atom stereocenters. The largest absolute Gasteiger partial charge is 0.399 e. The normalized spacial score (nSPS) is 14.3. The molecule has 7 nitrogen and oxygen atoms in total. The number of hydrogen-bond acceptors (Lipinski definition) is 6. The Labute approximate surface area is 159 Å². The molecule has 2 heterocycles. The molecule has 0 spiro atoms. The number of morpholine rings is 1. The molecule has 3 aromatic rings. The van der Waals surface area contributed by atoms with Crippen molar-refractivity contribution in [3.05, 3.63) is 53.6 Å². The molecule has 1 fully saturated rings. The van der Waals surface area contributed by atoms with Gasteiger partial charge >= 0.3 is 0 Å². The van der Waals surface area contributed by atoms with Gasteiger partial charge in [-0.3, -0.25) is 14.9 Å². The van der Waals surface area contributed by atoms with Crippen LogP contribution in [-0.2, 0) is 4.74 Å². The second-order valence-corrected chi connectivity index (χ2v) is 7.21. The zero-order valence-electron chi connectivity index (χ0n) is 14.5. The summed E-state index contributed by atoms with van der Waals surface area (Å²) in [6, 6.07) is 12.1. The summed E-state index contributed by atoms with van der Waals surface area (Å²) < 4.78 is 6.14. The van der Waals surface area contributed by atoms with Gasteiger partial charge in [0.1, 0.15) is 0 Å². The lowest BCUT2D eigenvalue weighted by atomic mass is 10.2. The molecule has 0 radical (unpaired) electrons. The molecule has 1 aliphatic rings. The zero-order chi connectivity index (χ0) is 18.8. The molecule has 0 unspecified atom stereocenters. The molecule has 1 aliphatic heterocycles. The molecule has 3 N–H and O–H groups in total. The number of nitrogens with zero attached hydrogens (tertiary/aromatic N) is 2. The van der Waals surface area contributed by atoms with Crippen LogP contribution in [0.4, 0.5) is 10.8 Å². The van der Waals surface area contributed by atoms with Gasteiger partial charge in [-0.1, -0.05) is 11.3 Å². The van der Waals surface area contributed by atoms with E-state index in [1.54, 1.807) is 41.3 Å². The quantitative estimate of drug-likeness (QED) is 0.679. The van der Waals surface area contributed by atoms with Gasteiger partial charge in [-0.15, -0.1) is 0 Å². The number of fused-ring (bicyclic) bond motifs is 1. The van der Waals surface area contributed by atoms with E-state index < -0.39 is 0 Å². The highest BCUT2D eigenvalue weighted by atomic mass is 32.1. The van der Waals surface area contributed by atoms with Crippen LogP contribution in [0.2, 0.25) is 0 Å². The molecule has 2 aromatic carbocycles. The molecule has 0 aliphatic carbocycles. The summed E-state index contributed by atoms with van der Waals surface area (Å²) in [6.45, 7) is 2.33. The smallest absolute Gasteiger partial charge is 0.257 e. The van der Waals surface area contributed by atoms with Crippen LogP contribution in [0.3, 0.4) is 0 Å². The minimum atomic E-state index is -0.251. The number of ether oxygens (including phenoxy) is 1. The van der Waals surface area contributed by atoms with Crippen LogP contribution < -0.4 is 11.1 Å². The Hall–Kier alpha value is -2.97. The second kappa shape index (κ2) is 7.34. The van der Waals surface area contributed by atoms with Crippen LogP contribution in [0.1, 0.15) is 20.7 Å². The van der Waals surface area contributed by atoms with Crippen molar-refractivity contribution < 1.29 is 14.3 Å². The lowest BCUT2D eigenvalue weighted by Gasteiger charge is -2.26. The van der Waals surface area contributed by atoms with Gasteiger partial charge in [0.2, 0.25) is 0 Å². The fourth-order valence-corrected chi connectivity index (χ4v) is 3.76. The van der Waals surface area contributed by atoms with Crippen LogP contribution >= 0.6 is 11.3 Å². The number of thiazole rings is 1. The molecule has 4 rings (SSSR count). The highest BCUT2D eigenvalue weighted by molar-refractivity contribution is 7.22. The van der Waals surface area contributed by atoms with Gasteiger partial charge in [0, 0.05) is 29.9 Å². The highest BCUT2D eigenvalue weighted by Crippen LogP contribution is 2.27. The van der Waals surface area contributed by atoms with Crippen molar-refractivity contribution in [3.63, 3.8) is 0 Å². The van der Waals surface area contributed by atoms with Crippen molar-refractivity contribution in [1.29, 1.82) is 0 Å². The Morgan fingerprint density at radius 1 is 1.07 bits per heavy atom. The predicted molar refractivity (Wildman–Crippen MR) is 105 cm³/mol. The molecule has 2 amide bonds. The van der Waals surface area contributed by atoms with Crippen molar-refractivity contribution in [2.24, 2.45) is 0 Å². The summed E-state index contributed by atoms with van der Waals surface area (Å²) in [5.74, 6) is -0.264. The maximum Gasteiger partial charge on any atom is 0.257 e. The Balaban J connectivity index is 1.53. The fraction of sp³-hybridized carbons (Fsp3) is 0.211. The first kappa shape index (κ1) is 17.4. The molecular weight excluding hydrogens is 364 g/mol. The number of carbonyl (C=O) groups excluding carboxylic acids is 2. The van der Waals surface area contributed by atoms with E-state index in [2.05, 4.69) is 10.3 Å². The van der Waals surface area contributed by atoms with Crippen LogP contribution in [0, 0.1) is 0 Å². The Bertz CT molecular complexity index is 994. The van der Waals surface area contributed by atoms with Crippen molar-refractivity contribution in [2.75, 3.05) is 37.4 Å². The number of nitrogens with two attached hydrogens (primary N) is 1. The van der Waals surface area contributed by atoms with E-state index in [-0.39, 0.29) is 11.8 Å². The number of amides is 2. The Morgan fingerprint density at radius 3 is 2.52 bits per heavy atom. The van der Waals surface area contributed by atoms with Crippen molar-refractivity contribution >= 4 is 44.2 Å². The molecule has 1 aromatic heterocycles. The molecule has 0 bridgehead atoms. The van der Waals surface area contributed by atoms with E-state index in [1.807, 2.05) is 6.07 Å². The lowest BCUT2D eigenvalue weighted by Crippen LogP contribution is -2.40. The summed E-state index contributed by atoms with van der Waals surface area (Å²) in [6.07, 6.45) is 0. The maximum atomic E-state index is 12.6. The predicted octanol–water partition coefficient (Wildman–Crippen LogP) is 2.60. The monoisotopic (exact) mass is 382 g/mol. The number of aromatic nitrogens is 1. The summed E-state index contributed by atoms with van der Waals surface area (Å²) in [5.41, 5.74) is 8.11. The van der Waals surface area contributed by atoms with Gasteiger partial charge in [-0.05, 0) is 42.5 Å². The number of hydrogen-bond donors (Lipinski definition) is 2. The van der Waals surface area contributed by atoms with Crippen LogP contribution in [0.15, 0.2) is 42.5 Å². The summed E-state index contributed by atoms with van der Waals surface area (Å²) in [7, 11) is 0. The average Bonchev–Trinajstić information content (AvgIpc) is 3.10. The van der Waals surface area contributed by atoms with Crippen molar-refractivity contribution in [2.45, 2.75) is 0 Å². The van der Waals surface area contributed by atoms with Gasteiger partial charge in [0.25, 0.3) is 11.8 Å². The summed E-state index contributed by atoms with van der Waals surface area (Å²) in [5, 5.41) is 3.28. The zero-order valence-corrected chi connectivity index (χ0v) is 15.3. The van der Waals surface area contributed by atoms with Gasteiger partial charge in [-0.25, -0.2) is 4.98 Å². The third-order valence-corrected chi connectivity index (χ3v) is 5.26. The topological polar surface area (TPSA) is 97.6 Å². The standard InChI is InChI=1S/C19H18N4O3S/c20-14-4-1-12(2-5-14)17(24)22-19-21-15-6-3-13(11-16(15)27-19)18(25)23-7-9-26-10-8-23/h1-6,11H,7-10,20H2,(H,21,22,24). The molecular formula is C19H18N4O3S. The highest BCUT2D eigenvalue weighted by Gasteiger charge is 2.19. The number of nitrogens with one attached hydrogen (secondary N) is 1. The van der Waals surface area contributed by atoms with Gasteiger partial charge in [-0.2, -0.15) is 0 Å². The Morgan fingerprint density at radius 2 is 1.78 bits per heavy atom. The van der Waals surface area contributed by atoms with Crippen LogP contribution in [0.25, 0.3) is 10.2 Å². The maximum absolute atomic E-state index is 12.6. The first-order chi connectivity index (χ1) is 13.1. The fourth-order valence-electron chi connectivity index (χ4n) is 2.86. The Kier molecular flexibility index (Phi) is 4.74. The number of nitrogen functional groups attached to an aromatic ring is 1. The van der Waals surface area contributed by atoms with Gasteiger partial charge in [0.15, 0.2) is 5.13 Å². The lowest BCUT2D eigenvalue weighted by molar-refractivity contribution is 0.0303. The first-order valence-corrected chi connectivity index (χ1v) is 9.36. The van der Waals surface area contributed by atoms with E-state index >= 15 is 0 Å². The number of anilines is 2. The molecule has 0 saturated carbocycles. The van der Waals surface area contributed by atoms with Crippen molar-refractivity contribution in [1.82, 2.24) is 9.88 Å². The summed E-state index contributed by atoms with van der Waals surface area (Å²) in [4.78, 5) is 31.2.